The molecule has 2 amide bonds. The van der Waals surface area contributed by atoms with Crippen molar-refractivity contribution in [3.63, 3.8) is 0 Å². The van der Waals surface area contributed by atoms with Gasteiger partial charge in [-0.3, -0.25) is 9.59 Å². The molecule has 1 aliphatic heterocycles. The van der Waals surface area contributed by atoms with Gasteiger partial charge in [0.2, 0.25) is 15.9 Å². The Morgan fingerprint density at radius 1 is 1.15 bits per heavy atom. The first kappa shape index (κ1) is 19.8. The van der Waals surface area contributed by atoms with Crippen LogP contribution < -0.4 is 5.32 Å². The maximum Gasteiger partial charge on any atom is 0.251 e. The van der Waals surface area contributed by atoms with Crippen molar-refractivity contribution in [2.45, 2.75) is 56.0 Å². The second-order valence-electron chi connectivity index (χ2n) is 7.44. The highest BCUT2D eigenvalue weighted by Gasteiger charge is 2.31. The van der Waals surface area contributed by atoms with Crippen molar-refractivity contribution >= 4 is 21.8 Å². The first-order chi connectivity index (χ1) is 12.8. The summed E-state index contributed by atoms with van der Waals surface area (Å²) in [6.07, 6.45) is 5.01. The van der Waals surface area contributed by atoms with Gasteiger partial charge in [-0.05, 0) is 31.0 Å². The molecule has 0 spiro atoms. The second-order valence-corrected chi connectivity index (χ2v) is 9.43. The molecule has 7 nitrogen and oxygen atoms in total. The lowest BCUT2D eigenvalue weighted by Gasteiger charge is -2.38. The molecule has 0 unspecified atom stereocenters. The number of benzene rings is 1. The van der Waals surface area contributed by atoms with E-state index in [1.54, 1.807) is 24.1 Å². The monoisotopic (exact) mass is 393 g/mol. The van der Waals surface area contributed by atoms with Crippen molar-refractivity contribution in [1.29, 1.82) is 0 Å². The summed E-state index contributed by atoms with van der Waals surface area (Å²) in [5, 5.41) is 2.85. The van der Waals surface area contributed by atoms with Crippen LogP contribution in [0.4, 0.5) is 0 Å². The highest BCUT2D eigenvalue weighted by Crippen LogP contribution is 2.26. The molecule has 0 radical (unpaired) electrons. The van der Waals surface area contributed by atoms with Gasteiger partial charge in [-0.2, -0.15) is 4.31 Å². The average molecular weight is 394 g/mol. The third-order valence-electron chi connectivity index (χ3n) is 5.52. The number of hydrogen-bond donors (Lipinski definition) is 1. The zero-order valence-electron chi connectivity index (χ0n) is 15.8. The predicted molar refractivity (Wildman–Crippen MR) is 102 cm³/mol. The second kappa shape index (κ2) is 7.98. The molecule has 8 heteroatoms. The molecule has 1 aromatic rings. The van der Waals surface area contributed by atoms with Gasteiger partial charge in [-0.15, -0.1) is 0 Å². The van der Waals surface area contributed by atoms with Crippen LogP contribution in [0.25, 0.3) is 0 Å². The molecule has 1 saturated heterocycles. The Labute approximate surface area is 160 Å². The average Bonchev–Trinajstić information content (AvgIpc) is 2.64. The minimum Gasteiger partial charge on any atom is -0.346 e. The van der Waals surface area contributed by atoms with Crippen molar-refractivity contribution in [1.82, 2.24) is 14.5 Å². The number of amides is 2. The lowest BCUT2D eigenvalue weighted by Crippen LogP contribution is -2.60. The normalized spacial score (nSPS) is 19.0. The number of carbonyl (C=O) groups excluding carboxylic acids is 2. The summed E-state index contributed by atoms with van der Waals surface area (Å²) in [7, 11) is -2.01. The Morgan fingerprint density at radius 3 is 2.44 bits per heavy atom. The van der Waals surface area contributed by atoms with Gasteiger partial charge in [0, 0.05) is 38.7 Å². The van der Waals surface area contributed by atoms with Crippen LogP contribution in [-0.4, -0.2) is 61.7 Å². The maximum absolute atomic E-state index is 13.0. The molecule has 1 saturated carbocycles. The van der Waals surface area contributed by atoms with E-state index < -0.39 is 10.0 Å². The van der Waals surface area contributed by atoms with Crippen LogP contribution in [0, 0.1) is 0 Å². The third kappa shape index (κ3) is 4.32. The van der Waals surface area contributed by atoms with E-state index in [9.17, 15) is 18.0 Å². The van der Waals surface area contributed by atoms with Crippen molar-refractivity contribution in [3.05, 3.63) is 29.8 Å². The van der Waals surface area contributed by atoms with Gasteiger partial charge in [0.15, 0.2) is 0 Å². The van der Waals surface area contributed by atoms with E-state index in [1.807, 2.05) is 0 Å². The Morgan fingerprint density at radius 2 is 1.81 bits per heavy atom. The minimum atomic E-state index is -3.63. The van der Waals surface area contributed by atoms with Crippen molar-refractivity contribution in [2.75, 3.05) is 20.1 Å². The van der Waals surface area contributed by atoms with Gasteiger partial charge in [0.1, 0.15) is 0 Å². The molecular formula is C19H27N3O4S. The highest BCUT2D eigenvalue weighted by atomic mass is 32.2. The molecule has 1 aliphatic carbocycles. The molecule has 148 valence electrons. The van der Waals surface area contributed by atoms with Crippen LogP contribution in [0.2, 0.25) is 0 Å². The van der Waals surface area contributed by atoms with Gasteiger partial charge >= 0.3 is 0 Å². The van der Waals surface area contributed by atoms with E-state index in [0.717, 1.165) is 32.1 Å². The fourth-order valence-corrected chi connectivity index (χ4v) is 5.16. The SMILES string of the molecule is CC(=O)N1CC(NC(=O)c2cccc(S(=O)(=O)N(C)C3CCCCC3)c2)C1. The standard InChI is InChI=1S/C19H27N3O4S/c1-14(23)22-12-16(13-22)20-19(24)15-7-6-10-18(11-15)27(25,26)21(2)17-8-4-3-5-9-17/h6-7,10-11,16-17H,3-5,8-9,12-13H2,1-2H3,(H,20,24). The predicted octanol–water partition coefficient (Wildman–Crippen LogP) is 1.60. The first-order valence-corrected chi connectivity index (χ1v) is 10.9. The molecule has 1 aromatic carbocycles. The van der Waals surface area contributed by atoms with Gasteiger partial charge in [-0.1, -0.05) is 25.3 Å². The summed E-state index contributed by atoms with van der Waals surface area (Å²) < 4.78 is 27.4. The van der Waals surface area contributed by atoms with E-state index in [0.29, 0.717) is 18.7 Å². The van der Waals surface area contributed by atoms with Gasteiger partial charge in [0.05, 0.1) is 10.9 Å². The van der Waals surface area contributed by atoms with Crippen LogP contribution in [0.15, 0.2) is 29.2 Å². The summed E-state index contributed by atoms with van der Waals surface area (Å²) in [5.41, 5.74) is 0.314. The fraction of sp³-hybridized carbons (Fsp3) is 0.579. The molecule has 0 aromatic heterocycles. The van der Waals surface area contributed by atoms with Crippen LogP contribution in [0.3, 0.4) is 0 Å². The Kier molecular flexibility index (Phi) is 5.86. The molecule has 2 aliphatic rings. The Bertz CT molecular complexity index is 812. The van der Waals surface area contributed by atoms with Gasteiger partial charge in [0.25, 0.3) is 5.91 Å². The van der Waals surface area contributed by atoms with Crippen molar-refractivity contribution in [2.24, 2.45) is 0 Å². The number of nitrogens with one attached hydrogen (secondary N) is 1. The first-order valence-electron chi connectivity index (χ1n) is 9.43. The summed E-state index contributed by atoms with van der Waals surface area (Å²) in [6.45, 7) is 2.47. The summed E-state index contributed by atoms with van der Waals surface area (Å²) in [4.78, 5) is 25.5. The fourth-order valence-electron chi connectivity index (χ4n) is 3.70. The van der Waals surface area contributed by atoms with Crippen LogP contribution >= 0.6 is 0 Å². The Balaban J connectivity index is 1.69. The van der Waals surface area contributed by atoms with Crippen molar-refractivity contribution < 1.29 is 18.0 Å². The lowest BCUT2D eigenvalue weighted by molar-refractivity contribution is -0.133. The number of rotatable bonds is 5. The number of nitrogens with zero attached hydrogens (tertiary/aromatic N) is 2. The Hall–Kier alpha value is -1.93. The zero-order chi connectivity index (χ0) is 19.6. The van der Waals surface area contributed by atoms with Crippen LogP contribution in [0.1, 0.15) is 49.4 Å². The number of carbonyl (C=O) groups is 2. The largest absolute Gasteiger partial charge is 0.346 e. The van der Waals surface area contributed by atoms with Crippen LogP contribution in [-0.2, 0) is 14.8 Å². The van der Waals surface area contributed by atoms with E-state index >= 15 is 0 Å². The maximum atomic E-state index is 13.0. The number of likely N-dealkylation sites (tertiary alicyclic amines) is 1. The zero-order valence-corrected chi connectivity index (χ0v) is 16.7. The summed E-state index contributed by atoms with van der Waals surface area (Å²) >= 11 is 0. The molecule has 27 heavy (non-hydrogen) atoms. The minimum absolute atomic E-state index is 0.0145. The molecule has 0 atom stereocenters. The van der Waals surface area contributed by atoms with E-state index in [4.69, 9.17) is 0 Å². The molecule has 2 fully saturated rings. The van der Waals surface area contributed by atoms with E-state index in [2.05, 4.69) is 5.32 Å². The highest BCUT2D eigenvalue weighted by molar-refractivity contribution is 7.89. The van der Waals surface area contributed by atoms with E-state index in [-0.39, 0.29) is 28.8 Å². The van der Waals surface area contributed by atoms with E-state index in [1.165, 1.54) is 23.4 Å². The summed E-state index contributed by atoms with van der Waals surface area (Å²) in [5.74, 6) is -0.333. The quantitative estimate of drug-likeness (QED) is 0.823. The van der Waals surface area contributed by atoms with Gasteiger partial charge in [-0.25, -0.2) is 8.42 Å². The molecular weight excluding hydrogens is 366 g/mol. The topological polar surface area (TPSA) is 86.8 Å². The number of hydrogen-bond acceptors (Lipinski definition) is 4. The van der Waals surface area contributed by atoms with Gasteiger partial charge < -0.3 is 10.2 Å². The number of sulfonamides is 1. The summed E-state index contributed by atoms with van der Waals surface area (Å²) in [6, 6.07) is 6.10. The smallest absolute Gasteiger partial charge is 0.251 e. The molecule has 1 N–H and O–H groups in total. The third-order valence-corrected chi connectivity index (χ3v) is 7.43. The lowest BCUT2D eigenvalue weighted by atomic mass is 9.96. The van der Waals surface area contributed by atoms with Crippen molar-refractivity contribution in [3.8, 4) is 0 Å². The molecule has 1 heterocycles. The van der Waals surface area contributed by atoms with Crippen LogP contribution in [0.5, 0.6) is 0 Å². The molecule has 0 bridgehead atoms. The molecule has 3 rings (SSSR count).